The first-order valence-corrected chi connectivity index (χ1v) is 21.8. The van der Waals surface area contributed by atoms with Crippen molar-refractivity contribution in [2.75, 3.05) is 72.0 Å². The third-order valence-corrected chi connectivity index (χ3v) is 12.9. The second-order valence-corrected chi connectivity index (χ2v) is 16.9. The molecule has 6 aromatic heterocycles. The minimum Gasteiger partial charge on any atom is -0.476 e. The van der Waals surface area contributed by atoms with E-state index in [1.165, 1.54) is 22.7 Å². The lowest BCUT2D eigenvalue weighted by molar-refractivity contribution is 0.0691. The molecule has 4 fully saturated rings. The number of carboxylic acid groups (broad SMARTS) is 1. The Hall–Kier alpha value is -5.34. The fraction of sp³-hybridized carbons (Fsp3) is 0.450. The number of carboxylic acids is 1. The van der Waals surface area contributed by atoms with Gasteiger partial charge in [0, 0.05) is 112 Å². The lowest BCUT2D eigenvalue weighted by Gasteiger charge is -2.29. The Kier molecular flexibility index (Phi) is 12.5. The van der Waals surface area contributed by atoms with E-state index < -0.39 is 5.97 Å². The number of rotatable bonds is 7. The van der Waals surface area contributed by atoms with Gasteiger partial charge in [-0.25, -0.2) is 24.7 Å². The summed E-state index contributed by atoms with van der Waals surface area (Å²) < 4.78 is 4.15. The number of piperidine rings is 2. The third-order valence-electron chi connectivity index (χ3n) is 11.1. The molecule has 10 rings (SSSR count). The van der Waals surface area contributed by atoms with Crippen LogP contribution in [-0.4, -0.2) is 133 Å². The van der Waals surface area contributed by atoms with Gasteiger partial charge < -0.3 is 54.8 Å². The van der Waals surface area contributed by atoms with Gasteiger partial charge in [-0.1, -0.05) is 0 Å². The molecule has 6 N–H and O–H groups in total. The zero-order valence-electron chi connectivity index (χ0n) is 32.7. The van der Waals surface area contributed by atoms with Gasteiger partial charge in [-0.15, -0.1) is 22.7 Å². The molecule has 10 heterocycles. The Bertz CT molecular complexity index is 2330. The van der Waals surface area contributed by atoms with E-state index in [9.17, 15) is 19.8 Å². The molecule has 4 saturated heterocycles. The van der Waals surface area contributed by atoms with E-state index in [1.54, 1.807) is 5.38 Å². The van der Waals surface area contributed by atoms with Crippen molar-refractivity contribution in [3.63, 3.8) is 0 Å². The molecule has 312 valence electrons. The molecule has 19 heteroatoms. The summed E-state index contributed by atoms with van der Waals surface area (Å²) in [4.78, 5) is 49.5. The number of amides is 1. The molecule has 4 aliphatic rings. The van der Waals surface area contributed by atoms with Crippen molar-refractivity contribution in [2.45, 2.75) is 62.8 Å². The van der Waals surface area contributed by atoms with E-state index in [4.69, 9.17) is 10.8 Å². The highest BCUT2D eigenvalue weighted by atomic mass is 32.1. The van der Waals surface area contributed by atoms with Crippen LogP contribution in [0.25, 0.3) is 11.0 Å². The topological polar surface area (TPSA) is 206 Å². The van der Waals surface area contributed by atoms with Crippen LogP contribution >= 0.6 is 22.7 Å². The van der Waals surface area contributed by atoms with Gasteiger partial charge in [-0.05, 0) is 62.8 Å². The van der Waals surface area contributed by atoms with Gasteiger partial charge in [0.2, 0.25) is 0 Å². The lowest BCUT2D eigenvalue weighted by Crippen LogP contribution is -2.38. The minimum atomic E-state index is -0.991. The molecule has 17 nitrogen and oxygen atoms in total. The summed E-state index contributed by atoms with van der Waals surface area (Å²) in [6, 6.07) is 8.57. The van der Waals surface area contributed by atoms with Crippen molar-refractivity contribution in [1.82, 2.24) is 34.1 Å². The molecule has 0 aromatic carbocycles. The molecule has 0 radical (unpaired) electrons. The van der Waals surface area contributed by atoms with Crippen LogP contribution in [0.4, 0.5) is 21.9 Å². The molecule has 1 amide bonds. The highest BCUT2D eigenvalue weighted by Gasteiger charge is 2.28. The predicted octanol–water partition coefficient (Wildman–Crippen LogP) is 3.43. The highest BCUT2D eigenvalue weighted by Crippen LogP contribution is 2.27. The number of aliphatic hydroxyl groups excluding tert-OH is 2. The van der Waals surface area contributed by atoms with Crippen molar-refractivity contribution in [3.05, 3.63) is 83.6 Å². The quantitative estimate of drug-likeness (QED) is 0.156. The average molecular weight is 843 g/mol. The normalized spacial score (nSPS) is 20.1. The van der Waals surface area contributed by atoms with Crippen LogP contribution in [0.15, 0.2) is 72.2 Å². The zero-order chi connectivity index (χ0) is 40.9. The van der Waals surface area contributed by atoms with Crippen LogP contribution in [0.2, 0.25) is 0 Å². The summed E-state index contributed by atoms with van der Waals surface area (Å²) >= 11 is 2.83. The molecule has 6 aromatic rings. The molecule has 59 heavy (non-hydrogen) atoms. The first-order chi connectivity index (χ1) is 28.7. The maximum atomic E-state index is 12.7. The number of carbonyl (C=O) groups excluding carboxylic acids is 1. The second kappa shape index (κ2) is 18.3. The van der Waals surface area contributed by atoms with Gasteiger partial charge in [0.1, 0.15) is 5.69 Å². The molecular weight excluding hydrogens is 793 g/mol. The smallest absolute Gasteiger partial charge is 0.355 e. The minimum absolute atomic E-state index is 0.0785. The average Bonchev–Trinajstić information content (AvgIpc) is 4.10. The van der Waals surface area contributed by atoms with Gasteiger partial charge in [0.25, 0.3) is 5.91 Å². The van der Waals surface area contributed by atoms with Gasteiger partial charge in [0.05, 0.1) is 23.2 Å². The molecular formula is C40H50N12O5S2. The van der Waals surface area contributed by atoms with E-state index in [-0.39, 0.29) is 29.9 Å². The number of carbonyl (C=O) groups is 2. The van der Waals surface area contributed by atoms with Gasteiger partial charge in [-0.3, -0.25) is 4.79 Å². The first-order valence-electron chi connectivity index (χ1n) is 20.1. The number of fused-ring (bicyclic) bond motifs is 2. The van der Waals surface area contributed by atoms with Gasteiger partial charge in [0.15, 0.2) is 27.6 Å². The Morgan fingerprint density at radius 3 is 1.66 bits per heavy atom. The fourth-order valence-electron chi connectivity index (χ4n) is 7.84. The van der Waals surface area contributed by atoms with E-state index in [1.807, 2.05) is 59.6 Å². The van der Waals surface area contributed by atoms with E-state index >= 15 is 0 Å². The zero-order valence-corrected chi connectivity index (χ0v) is 34.3. The van der Waals surface area contributed by atoms with Crippen molar-refractivity contribution >= 4 is 67.5 Å². The number of nitrogens with one attached hydrogen (secondary N) is 1. The summed E-state index contributed by atoms with van der Waals surface area (Å²) in [7, 11) is 0. The van der Waals surface area contributed by atoms with E-state index in [0.717, 1.165) is 124 Å². The highest BCUT2D eigenvalue weighted by molar-refractivity contribution is 7.14. The standard InChI is InChI=1S/C20H24N6O2S.C11H14N4.C9H12N2O3S/c27-15-4-9-25(10-5-15)20-23-16(13-29-20)19(28)22-14-3-8-26(12-14)18-17-2-1-7-24(17)11-6-21-18;12-9-3-6-15(8-9)11-10-2-1-5-14(10)7-4-13-11;12-6-1-3-11(4-2-6)9-10-7(5-15-9)8(13)14/h1-2,6-7,11,13-15,27H,3-5,8-10,12H2,(H,22,28);1-2,4-5,7,9H,3,6,8,12H2;5-6,12H,1-4H2,(H,13,14)/t14-;9-;/m00./s1. The SMILES string of the molecule is N[C@H]1CCN(c2nccn3cccc23)C1.O=C(N[C@H]1CCN(c2nccn3cccc23)C1)c1csc(N2CCC(O)CC2)n1.O=C(O)c1csc(N2CCC(O)CC2)n1. The summed E-state index contributed by atoms with van der Waals surface area (Å²) in [5.74, 6) is 0.896. The molecule has 0 unspecified atom stereocenters. The van der Waals surface area contributed by atoms with Crippen LogP contribution in [0.3, 0.4) is 0 Å². The number of nitrogens with two attached hydrogens (primary N) is 1. The van der Waals surface area contributed by atoms with Crippen molar-refractivity contribution < 1.29 is 24.9 Å². The fourth-order valence-corrected chi connectivity index (χ4v) is 9.56. The number of aromatic carboxylic acids is 1. The first kappa shape index (κ1) is 40.4. The summed E-state index contributed by atoms with van der Waals surface area (Å²) in [6.07, 6.45) is 16.1. The van der Waals surface area contributed by atoms with Crippen LogP contribution < -0.4 is 30.7 Å². The molecule has 0 saturated carbocycles. The summed E-state index contributed by atoms with van der Waals surface area (Å²) in [5.41, 5.74) is 8.72. The predicted molar refractivity (Wildman–Crippen MR) is 229 cm³/mol. The monoisotopic (exact) mass is 842 g/mol. The van der Waals surface area contributed by atoms with Crippen molar-refractivity contribution in [2.24, 2.45) is 5.73 Å². The number of aliphatic hydroxyl groups is 2. The number of hydrogen-bond donors (Lipinski definition) is 5. The number of thiazole rings is 2. The van der Waals surface area contributed by atoms with E-state index in [2.05, 4.69) is 60.9 Å². The largest absolute Gasteiger partial charge is 0.476 e. The van der Waals surface area contributed by atoms with Crippen LogP contribution in [0, 0.1) is 0 Å². The maximum absolute atomic E-state index is 12.7. The molecule has 4 aliphatic heterocycles. The van der Waals surface area contributed by atoms with Gasteiger partial charge >= 0.3 is 5.97 Å². The molecule has 0 spiro atoms. The number of nitrogens with zero attached hydrogens (tertiary/aromatic N) is 10. The molecule has 0 bridgehead atoms. The Morgan fingerprint density at radius 2 is 1.15 bits per heavy atom. The van der Waals surface area contributed by atoms with Gasteiger partial charge in [-0.2, -0.15) is 0 Å². The van der Waals surface area contributed by atoms with Crippen LogP contribution in [-0.2, 0) is 0 Å². The Balaban J connectivity index is 0.000000136. The van der Waals surface area contributed by atoms with E-state index in [0.29, 0.717) is 11.7 Å². The Labute approximate surface area is 349 Å². The van der Waals surface area contributed by atoms with Crippen molar-refractivity contribution in [3.8, 4) is 0 Å². The third kappa shape index (κ3) is 9.60. The van der Waals surface area contributed by atoms with Crippen molar-refractivity contribution in [1.29, 1.82) is 0 Å². The number of hydrogen-bond acceptors (Lipinski definition) is 15. The maximum Gasteiger partial charge on any atom is 0.355 e. The molecule has 2 atom stereocenters. The molecule has 0 aliphatic carbocycles. The number of anilines is 4. The van der Waals surface area contributed by atoms with Crippen LogP contribution in [0.5, 0.6) is 0 Å². The lowest BCUT2D eigenvalue weighted by atomic mass is 10.1. The van der Waals surface area contributed by atoms with Crippen LogP contribution in [0.1, 0.15) is 59.5 Å². The summed E-state index contributed by atoms with van der Waals surface area (Å²) in [5, 5.41) is 35.8. The second-order valence-electron chi connectivity index (χ2n) is 15.3. The number of aromatic nitrogens is 6. The Morgan fingerprint density at radius 1 is 0.661 bits per heavy atom. The summed E-state index contributed by atoms with van der Waals surface area (Å²) in [6.45, 7) is 6.58.